The zero-order valence-electron chi connectivity index (χ0n) is 11.7. The van der Waals surface area contributed by atoms with Gasteiger partial charge in [0.05, 0.1) is 12.7 Å². The van der Waals surface area contributed by atoms with E-state index in [9.17, 15) is 9.90 Å². The Balaban J connectivity index is 2.42. The number of methoxy groups -OCH3 is 1. The number of hydrogen-bond acceptors (Lipinski definition) is 3. The highest BCUT2D eigenvalue weighted by Gasteiger charge is 2.18. The lowest BCUT2D eigenvalue weighted by Gasteiger charge is -2.21. The van der Waals surface area contributed by atoms with Crippen molar-refractivity contribution in [2.24, 2.45) is 0 Å². The molecule has 0 fully saturated rings. The lowest BCUT2D eigenvalue weighted by molar-refractivity contribution is 0.0581. The molecule has 0 saturated heterocycles. The van der Waals surface area contributed by atoms with Crippen molar-refractivity contribution in [1.29, 1.82) is 0 Å². The Kier molecular flexibility index (Phi) is 5.63. The SMILES string of the molecule is CC[C@](C)(O)CNC(=O)NCc1ccccc1OC. The summed E-state index contributed by atoms with van der Waals surface area (Å²) >= 11 is 0. The average molecular weight is 266 g/mol. The third-order valence-electron chi connectivity index (χ3n) is 3.02. The van der Waals surface area contributed by atoms with Gasteiger partial charge in [0.15, 0.2) is 0 Å². The maximum atomic E-state index is 11.6. The highest BCUT2D eigenvalue weighted by atomic mass is 16.5. The van der Waals surface area contributed by atoms with Crippen molar-refractivity contribution < 1.29 is 14.6 Å². The monoisotopic (exact) mass is 266 g/mol. The van der Waals surface area contributed by atoms with Gasteiger partial charge in [-0.3, -0.25) is 0 Å². The van der Waals surface area contributed by atoms with Gasteiger partial charge < -0.3 is 20.5 Å². The molecule has 5 nitrogen and oxygen atoms in total. The third kappa shape index (κ3) is 5.18. The maximum absolute atomic E-state index is 11.6. The Hall–Kier alpha value is -1.75. The third-order valence-corrected chi connectivity index (χ3v) is 3.02. The number of para-hydroxylation sites is 1. The lowest BCUT2D eigenvalue weighted by atomic mass is 10.0. The predicted octanol–water partition coefficient (Wildman–Crippen LogP) is 1.66. The normalized spacial score (nSPS) is 13.5. The number of benzene rings is 1. The van der Waals surface area contributed by atoms with Crippen LogP contribution in [0.3, 0.4) is 0 Å². The molecule has 0 aliphatic heterocycles. The van der Waals surface area contributed by atoms with Gasteiger partial charge in [-0.2, -0.15) is 0 Å². The minimum atomic E-state index is -0.873. The lowest BCUT2D eigenvalue weighted by Crippen LogP contribution is -2.44. The number of aliphatic hydroxyl groups is 1. The van der Waals surface area contributed by atoms with Gasteiger partial charge in [0.1, 0.15) is 5.75 Å². The Morgan fingerprint density at radius 2 is 2.05 bits per heavy atom. The number of carbonyl (C=O) groups excluding carboxylic acids is 1. The molecular weight excluding hydrogens is 244 g/mol. The fourth-order valence-corrected chi connectivity index (χ4v) is 1.48. The molecule has 2 amide bonds. The summed E-state index contributed by atoms with van der Waals surface area (Å²) < 4.78 is 5.20. The van der Waals surface area contributed by atoms with Gasteiger partial charge in [-0.05, 0) is 19.4 Å². The van der Waals surface area contributed by atoms with Crippen LogP contribution in [0, 0.1) is 0 Å². The van der Waals surface area contributed by atoms with E-state index in [0.717, 1.165) is 11.3 Å². The van der Waals surface area contributed by atoms with Crippen molar-refractivity contribution in [3.8, 4) is 5.75 Å². The minimum absolute atomic E-state index is 0.223. The molecule has 0 bridgehead atoms. The quantitative estimate of drug-likeness (QED) is 0.733. The molecule has 0 aromatic heterocycles. The molecule has 1 rings (SSSR count). The largest absolute Gasteiger partial charge is 0.496 e. The van der Waals surface area contributed by atoms with Crippen LogP contribution in [-0.2, 0) is 6.54 Å². The highest BCUT2D eigenvalue weighted by molar-refractivity contribution is 5.74. The van der Waals surface area contributed by atoms with Crippen molar-refractivity contribution in [3.05, 3.63) is 29.8 Å². The van der Waals surface area contributed by atoms with E-state index in [-0.39, 0.29) is 12.6 Å². The van der Waals surface area contributed by atoms with Crippen LogP contribution in [0.15, 0.2) is 24.3 Å². The van der Waals surface area contributed by atoms with Gasteiger partial charge in [-0.25, -0.2) is 4.79 Å². The van der Waals surface area contributed by atoms with E-state index < -0.39 is 5.60 Å². The molecule has 0 heterocycles. The Morgan fingerprint density at radius 1 is 1.37 bits per heavy atom. The topological polar surface area (TPSA) is 70.6 Å². The molecule has 1 aromatic carbocycles. The Bertz CT molecular complexity index is 419. The molecule has 0 saturated carbocycles. The zero-order chi connectivity index (χ0) is 14.3. The second-order valence-electron chi connectivity index (χ2n) is 4.70. The van der Waals surface area contributed by atoms with Crippen molar-refractivity contribution in [2.75, 3.05) is 13.7 Å². The van der Waals surface area contributed by atoms with Crippen LogP contribution in [-0.4, -0.2) is 30.4 Å². The van der Waals surface area contributed by atoms with Crippen LogP contribution in [0.5, 0.6) is 5.75 Å². The van der Waals surface area contributed by atoms with Crippen molar-refractivity contribution in [2.45, 2.75) is 32.4 Å². The number of rotatable bonds is 6. The minimum Gasteiger partial charge on any atom is -0.496 e. The van der Waals surface area contributed by atoms with Gasteiger partial charge in [0.2, 0.25) is 0 Å². The second kappa shape index (κ2) is 6.99. The molecule has 106 valence electrons. The summed E-state index contributed by atoms with van der Waals surface area (Å²) in [5.41, 5.74) is 0.0318. The molecule has 5 heteroatoms. The van der Waals surface area contributed by atoms with E-state index in [1.165, 1.54) is 0 Å². The first-order valence-corrected chi connectivity index (χ1v) is 6.34. The van der Waals surface area contributed by atoms with E-state index >= 15 is 0 Å². The molecule has 0 radical (unpaired) electrons. The Labute approximate surface area is 114 Å². The first kappa shape index (κ1) is 15.3. The number of carbonyl (C=O) groups is 1. The van der Waals surface area contributed by atoms with Gasteiger partial charge in [0, 0.05) is 18.7 Å². The average Bonchev–Trinajstić information content (AvgIpc) is 2.43. The first-order valence-electron chi connectivity index (χ1n) is 6.34. The van der Waals surface area contributed by atoms with Gasteiger partial charge in [0.25, 0.3) is 0 Å². The predicted molar refractivity (Wildman–Crippen MR) is 74.1 cm³/mol. The molecule has 1 aromatic rings. The van der Waals surface area contributed by atoms with Crippen LogP contribution < -0.4 is 15.4 Å². The van der Waals surface area contributed by atoms with Crippen LogP contribution in [0.2, 0.25) is 0 Å². The molecule has 19 heavy (non-hydrogen) atoms. The van der Waals surface area contributed by atoms with Crippen molar-refractivity contribution >= 4 is 6.03 Å². The van der Waals surface area contributed by atoms with Crippen LogP contribution >= 0.6 is 0 Å². The highest BCUT2D eigenvalue weighted by Crippen LogP contribution is 2.16. The molecule has 0 unspecified atom stereocenters. The Morgan fingerprint density at radius 3 is 2.68 bits per heavy atom. The smallest absolute Gasteiger partial charge is 0.315 e. The molecule has 0 spiro atoms. The van der Waals surface area contributed by atoms with Crippen molar-refractivity contribution in [1.82, 2.24) is 10.6 Å². The number of ether oxygens (including phenoxy) is 1. The summed E-state index contributed by atoms with van der Waals surface area (Å²) in [4.78, 5) is 11.6. The second-order valence-corrected chi connectivity index (χ2v) is 4.70. The van der Waals surface area contributed by atoms with Crippen molar-refractivity contribution in [3.63, 3.8) is 0 Å². The van der Waals surface area contributed by atoms with Gasteiger partial charge in [-0.1, -0.05) is 25.1 Å². The standard InChI is InChI=1S/C14H22N2O3/c1-4-14(2,18)10-16-13(17)15-9-11-7-5-6-8-12(11)19-3/h5-8,18H,4,9-10H2,1-3H3,(H2,15,16,17)/t14-/m0/s1. The number of urea groups is 1. The molecule has 1 atom stereocenters. The maximum Gasteiger partial charge on any atom is 0.315 e. The summed E-state index contributed by atoms with van der Waals surface area (Å²) in [6, 6.07) is 7.19. The number of amides is 2. The number of hydrogen-bond donors (Lipinski definition) is 3. The van der Waals surface area contributed by atoms with E-state index in [1.807, 2.05) is 31.2 Å². The summed E-state index contributed by atoms with van der Waals surface area (Å²) in [7, 11) is 1.59. The summed E-state index contributed by atoms with van der Waals surface area (Å²) in [5.74, 6) is 0.739. The molecule has 3 N–H and O–H groups in total. The fraction of sp³-hybridized carbons (Fsp3) is 0.500. The van der Waals surface area contributed by atoms with E-state index in [2.05, 4.69) is 10.6 Å². The molecular formula is C14H22N2O3. The zero-order valence-corrected chi connectivity index (χ0v) is 11.7. The summed E-state index contributed by atoms with van der Waals surface area (Å²) in [6.07, 6.45) is 0.583. The summed E-state index contributed by atoms with van der Waals surface area (Å²) in [5, 5.41) is 15.1. The fourth-order valence-electron chi connectivity index (χ4n) is 1.48. The first-order chi connectivity index (χ1) is 8.98. The van der Waals surface area contributed by atoms with Crippen LogP contribution in [0.25, 0.3) is 0 Å². The molecule has 0 aliphatic rings. The van der Waals surface area contributed by atoms with Crippen LogP contribution in [0.1, 0.15) is 25.8 Å². The van der Waals surface area contributed by atoms with E-state index in [0.29, 0.717) is 13.0 Å². The summed E-state index contributed by atoms with van der Waals surface area (Å²) in [6.45, 7) is 4.16. The number of nitrogens with one attached hydrogen (secondary N) is 2. The van der Waals surface area contributed by atoms with E-state index in [1.54, 1.807) is 14.0 Å². The van der Waals surface area contributed by atoms with Gasteiger partial charge in [-0.15, -0.1) is 0 Å². The van der Waals surface area contributed by atoms with E-state index in [4.69, 9.17) is 4.74 Å². The molecule has 0 aliphatic carbocycles. The van der Waals surface area contributed by atoms with Gasteiger partial charge >= 0.3 is 6.03 Å². The van der Waals surface area contributed by atoms with Crippen LogP contribution in [0.4, 0.5) is 4.79 Å².